The van der Waals surface area contributed by atoms with E-state index in [4.69, 9.17) is 32.7 Å². The molecule has 0 fully saturated rings. The van der Waals surface area contributed by atoms with E-state index in [9.17, 15) is 0 Å². The quantitative estimate of drug-likeness (QED) is 0.919. The van der Waals surface area contributed by atoms with E-state index in [0.717, 1.165) is 5.69 Å². The SMILES string of the molecule is Clc1nc(Cl)nc(Nc2ccc3c(c2)OCCO3)n1. The summed E-state index contributed by atoms with van der Waals surface area (Å²) in [5.41, 5.74) is 0.739. The van der Waals surface area contributed by atoms with Crippen LogP contribution in [0.1, 0.15) is 0 Å². The number of nitrogens with zero attached hydrogens (tertiary/aromatic N) is 3. The molecule has 1 aliphatic heterocycles. The van der Waals surface area contributed by atoms with Crippen LogP contribution in [0, 0.1) is 0 Å². The van der Waals surface area contributed by atoms with Gasteiger partial charge in [0.1, 0.15) is 13.2 Å². The lowest BCUT2D eigenvalue weighted by molar-refractivity contribution is 0.171. The van der Waals surface area contributed by atoms with Gasteiger partial charge in [0, 0.05) is 11.8 Å². The van der Waals surface area contributed by atoms with Crippen LogP contribution in [-0.2, 0) is 0 Å². The lowest BCUT2D eigenvalue weighted by Crippen LogP contribution is -2.15. The number of hydrogen-bond donors (Lipinski definition) is 1. The summed E-state index contributed by atoms with van der Waals surface area (Å²) >= 11 is 11.4. The zero-order valence-corrected chi connectivity index (χ0v) is 11.1. The predicted octanol–water partition coefficient (Wildman–Crippen LogP) is 2.69. The Bertz CT molecular complexity index is 603. The van der Waals surface area contributed by atoms with E-state index >= 15 is 0 Å². The van der Waals surface area contributed by atoms with Crippen molar-refractivity contribution in [2.75, 3.05) is 18.5 Å². The Kier molecular flexibility index (Phi) is 3.27. The maximum absolute atomic E-state index is 5.70. The lowest BCUT2D eigenvalue weighted by Gasteiger charge is -2.18. The van der Waals surface area contributed by atoms with E-state index in [1.54, 1.807) is 12.1 Å². The minimum Gasteiger partial charge on any atom is -0.486 e. The number of anilines is 2. The summed E-state index contributed by atoms with van der Waals surface area (Å²) in [5, 5.41) is 3.02. The minimum atomic E-state index is 0.0278. The first-order chi connectivity index (χ1) is 9.20. The molecule has 19 heavy (non-hydrogen) atoms. The molecule has 3 rings (SSSR count). The summed E-state index contributed by atoms with van der Waals surface area (Å²) in [5.74, 6) is 1.65. The summed E-state index contributed by atoms with van der Waals surface area (Å²) in [6, 6.07) is 5.42. The van der Waals surface area contributed by atoms with E-state index in [2.05, 4.69) is 20.3 Å². The van der Waals surface area contributed by atoms with Crippen LogP contribution in [0.4, 0.5) is 11.6 Å². The number of rotatable bonds is 2. The van der Waals surface area contributed by atoms with Crippen LogP contribution in [0.2, 0.25) is 10.6 Å². The van der Waals surface area contributed by atoms with Gasteiger partial charge >= 0.3 is 0 Å². The molecule has 1 N–H and O–H groups in total. The molecule has 1 aromatic heterocycles. The number of nitrogens with one attached hydrogen (secondary N) is 1. The second-order valence-corrected chi connectivity index (χ2v) is 4.36. The van der Waals surface area contributed by atoms with Gasteiger partial charge in [-0.15, -0.1) is 0 Å². The minimum absolute atomic E-state index is 0.0278. The molecule has 0 atom stereocenters. The van der Waals surface area contributed by atoms with Crippen molar-refractivity contribution in [1.29, 1.82) is 0 Å². The first-order valence-corrected chi connectivity index (χ1v) is 6.20. The highest BCUT2D eigenvalue weighted by Gasteiger charge is 2.12. The summed E-state index contributed by atoms with van der Waals surface area (Å²) in [7, 11) is 0. The summed E-state index contributed by atoms with van der Waals surface area (Å²) in [6.07, 6.45) is 0. The van der Waals surface area contributed by atoms with Gasteiger partial charge in [-0.05, 0) is 35.3 Å². The number of ether oxygens (including phenoxy) is 2. The van der Waals surface area contributed by atoms with Crippen LogP contribution >= 0.6 is 23.2 Å². The Morgan fingerprint density at radius 2 is 1.63 bits per heavy atom. The highest BCUT2D eigenvalue weighted by Crippen LogP contribution is 2.33. The third-order valence-electron chi connectivity index (χ3n) is 2.38. The summed E-state index contributed by atoms with van der Waals surface area (Å²) in [4.78, 5) is 11.5. The topological polar surface area (TPSA) is 69.2 Å². The van der Waals surface area contributed by atoms with Gasteiger partial charge in [-0.25, -0.2) is 0 Å². The van der Waals surface area contributed by atoms with Gasteiger partial charge in [-0.2, -0.15) is 15.0 Å². The molecule has 0 saturated heterocycles. The van der Waals surface area contributed by atoms with Crippen LogP contribution < -0.4 is 14.8 Å². The average molecular weight is 299 g/mol. The van der Waals surface area contributed by atoms with E-state index in [0.29, 0.717) is 24.7 Å². The second kappa shape index (κ2) is 5.07. The van der Waals surface area contributed by atoms with Crippen molar-refractivity contribution in [1.82, 2.24) is 15.0 Å². The molecule has 2 aromatic rings. The maximum Gasteiger partial charge on any atom is 0.232 e. The van der Waals surface area contributed by atoms with Crippen molar-refractivity contribution in [3.8, 4) is 11.5 Å². The van der Waals surface area contributed by atoms with Gasteiger partial charge in [0.05, 0.1) is 0 Å². The van der Waals surface area contributed by atoms with E-state index in [-0.39, 0.29) is 16.5 Å². The Morgan fingerprint density at radius 3 is 2.37 bits per heavy atom. The molecule has 6 nitrogen and oxygen atoms in total. The van der Waals surface area contributed by atoms with E-state index < -0.39 is 0 Å². The Hall–Kier alpha value is -1.79. The Morgan fingerprint density at radius 1 is 0.947 bits per heavy atom. The third kappa shape index (κ3) is 2.80. The first-order valence-electron chi connectivity index (χ1n) is 5.44. The Balaban J connectivity index is 1.86. The molecular formula is C11H8Cl2N4O2. The number of hydrogen-bond acceptors (Lipinski definition) is 6. The van der Waals surface area contributed by atoms with Crippen LogP contribution in [-0.4, -0.2) is 28.2 Å². The van der Waals surface area contributed by atoms with Gasteiger partial charge in [-0.1, -0.05) is 0 Å². The van der Waals surface area contributed by atoms with E-state index in [1.807, 2.05) is 6.07 Å². The fraction of sp³-hybridized carbons (Fsp3) is 0.182. The van der Waals surface area contributed by atoms with Crippen molar-refractivity contribution in [2.45, 2.75) is 0 Å². The average Bonchev–Trinajstić information content (AvgIpc) is 2.37. The fourth-order valence-corrected chi connectivity index (χ4v) is 2.00. The molecule has 8 heteroatoms. The van der Waals surface area contributed by atoms with Gasteiger partial charge in [0.15, 0.2) is 11.5 Å². The third-order valence-corrected chi connectivity index (χ3v) is 2.72. The molecular weight excluding hydrogens is 291 g/mol. The fourth-order valence-electron chi connectivity index (χ4n) is 1.63. The summed E-state index contributed by atoms with van der Waals surface area (Å²) in [6.45, 7) is 1.08. The monoisotopic (exact) mass is 298 g/mol. The van der Waals surface area contributed by atoms with Gasteiger partial charge in [-0.3, -0.25) is 0 Å². The van der Waals surface area contributed by atoms with Crippen molar-refractivity contribution in [3.05, 3.63) is 28.8 Å². The maximum atomic E-state index is 5.70. The van der Waals surface area contributed by atoms with Crippen molar-refractivity contribution in [3.63, 3.8) is 0 Å². The molecule has 0 aliphatic carbocycles. The molecule has 1 aromatic carbocycles. The summed E-state index contributed by atoms with van der Waals surface area (Å²) < 4.78 is 10.9. The number of benzene rings is 1. The smallest absolute Gasteiger partial charge is 0.232 e. The lowest BCUT2D eigenvalue weighted by atomic mass is 10.2. The number of aromatic nitrogens is 3. The zero-order valence-electron chi connectivity index (χ0n) is 9.56. The molecule has 0 unspecified atom stereocenters. The standard InChI is InChI=1S/C11H8Cl2N4O2/c12-9-15-10(13)17-11(16-9)14-6-1-2-7-8(5-6)19-4-3-18-7/h1-2,5H,3-4H2,(H,14,15,16,17). The molecule has 0 radical (unpaired) electrons. The number of halogens is 2. The zero-order chi connectivity index (χ0) is 13.2. The predicted molar refractivity (Wildman–Crippen MR) is 70.6 cm³/mol. The van der Waals surface area contributed by atoms with Crippen LogP contribution in [0.3, 0.4) is 0 Å². The van der Waals surface area contributed by atoms with Gasteiger partial charge in [0.2, 0.25) is 16.5 Å². The highest BCUT2D eigenvalue weighted by molar-refractivity contribution is 6.31. The molecule has 0 amide bonds. The van der Waals surface area contributed by atoms with Gasteiger partial charge < -0.3 is 14.8 Å². The molecule has 0 saturated carbocycles. The van der Waals surface area contributed by atoms with Crippen molar-refractivity contribution >= 4 is 34.8 Å². The molecule has 2 heterocycles. The van der Waals surface area contributed by atoms with Crippen molar-refractivity contribution < 1.29 is 9.47 Å². The van der Waals surface area contributed by atoms with Crippen LogP contribution in [0.25, 0.3) is 0 Å². The Labute approximate surface area is 118 Å². The largest absolute Gasteiger partial charge is 0.486 e. The number of fused-ring (bicyclic) bond motifs is 1. The first kappa shape index (κ1) is 12.3. The molecule has 0 bridgehead atoms. The normalized spacial score (nSPS) is 13.2. The van der Waals surface area contributed by atoms with Crippen molar-refractivity contribution in [2.24, 2.45) is 0 Å². The van der Waals surface area contributed by atoms with Crippen LogP contribution in [0.15, 0.2) is 18.2 Å². The molecule has 1 aliphatic rings. The highest BCUT2D eigenvalue weighted by atomic mass is 35.5. The van der Waals surface area contributed by atoms with Gasteiger partial charge in [0.25, 0.3) is 0 Å². The second-order valence-electron chi connectivity index (χ2n) is 3.68. The molecule has 0 spiro atoms. The van der Waals surface area contributed by atoms with E-state index in [1.165, 1.54) is 0 Å². The van der Waals surface area contributed by atoms with Crippen LogP contribution in [0.5, 0.6) is 11.5 Å². The molecule has 98 valence electrons.